The van der Waals surface area contributed by atoms with E-state index in [0.717, 1.165) is 30.3 Å². The first-order chi connectivity index (χ1) is 11.7. The summed E-state index contributed by atoms with van der Waals surface area (Å²) < 4.78 is 0. The van der Waals surface area contributed by atoms with Gasteiger partial charge in [-0.1, -0.05) is 23.7 Å². The second-order valence-corrected chi connectivity index (χ2v) is 6.29. The summed E-state index contributed by atoms with van der Waals surface area (Å²) in [5, 5.41) is 7.04. The Balaban J connectivity index is 1.59. The number of amides is 1. The van der Waals surface area contributed by atoms with Crippen molar-refractivity contribution in [2.75, 3.05) is 31.5 Å². The van der Waals surface area contributed by atoms with Gasteiger partial charge in [0.2, 0.25) is 5.91 Å². The van der Waals surface area contributed by atoms with Crippen LogP contribution in [0.1, 0.15) is 18.0 Å². The van der Waals surface area contributed by atoms with Crippen LogP contribution in [0.25, 0.3) is 0 Å². The minimum absolute atomic E-state index is 0.00590. The van der Waals surface area contributed by atoms with Crippen LogP contribution < -0.4 is 10.6 Å². The van der Waals surface area contributed by atoms with Crippen molar-refractivity contribution in [3.63, 3.8) is 0 Å². The second-order valence-electron chi connectivity index (χ2n) is 5.85. The van der Waals surface area contributed by atoms with Gasteiger partial charge in [-0.2, -0.15) is 0 Å². The lowest BCUT2D eigenvalue weighted by molar-refractivity contribution is -0.116. The zero-order valence-corrected chi connectivity index (χ0v) is 14.2. The van der Waals surface area contributed by atoms with Crippen LogP contribution in [0.15, 0.2) is 48.8 Å². The van der Waals surface area contributed by atoms with E-state index in [4.69, 9.17) is 11.6 Å². The SMILES string of the molecule is O=C(CCN1CCNCC1c1cccc(Cl)c1)Nc1cccnc1. The Bertz CT molecular complexity index is 680. The van der Waals surface area contributed by atoms with Crippen molar-refractivity contribution >= 4 is 23.2 Å². The molecule has 0 bridgehead atoms. The molecule has 0 aliphatic carbocycles. The van der Waals surface area contributed by atoms with Gasteiger partial charge in [0.1, 0.15) is 0 Å². The molecule has 0 radical (unpaired) electrons. The van der Waals surface area contributed by atoms with Gasteiger partial charge in [-0.25, -0.2) is 0 Å². The molecule has 2 aromatic rings. The number of carbonyl (C=O) groups is 1. The van der Waals surface area contributed by atoms with Gasteiger partial charge in [0, 0.05) is 49.9 Å². The van der Waals surface area contributed by atoms with E-state index in [-0.39, 0.29) is 11.9 Å². The van der Waals surface area contributed by atoms with Gasteiger partial charge >= 0.3 is 0 Å². The van der Waals surface area contributed by atoms with E-state index >= 15 is 0 Å². The van der Waals surface area contributed by atoms with Crippen LogP contribution in [0.5, 0.6) is 0 Å². The zero-order chi connectivity index (χ0) is 16.8. The molecular weight excluding hydrogens is 324 g/mol. The van der Waals surface area contributed by atoms with Gasteiger partial charge in [-0.15, -0.1) is 0 Å². The number of benzene rings is 1. The predicted molar refractivity (Wildman–Crippen MR) is 96.1 cm³/mol. The third-order valence-corrected chi connectivity index (χ3v) is 4.39. The molecule has 2 heterocycles. The molecule has 1 aliphatic heterocycles. The van der Waals surface area contributed by atoms with Crippen molar-refractivity contribution < 1.29 is 4.79 Å². The third kappa shape index (κ3) is 4.54. The molecule has 5 nitrogen and oxygen atoms in total. The number of rotatable bonds is 5. The summed E-state index contributed by atoms with van der Waals surface area (Å²) >= 11 is 6.12. The number of hydrogen-bond donors (Lipinski definition) is 2. The summed E-state index contributed by atoms with van der Waals surface area (Å²) in [6.45, 7) is 3.42. The Labute approximate surface area is 147 Å². The topological polar surface area (TPSA) is 57.3 Å². The predicted octanol–water partition coefficient (Wildman–Crippen LogP) is 2.71. The van der Waals surface area contributed by atoms with Crippen molar-refractivity contribution in [3.05, 3.63) is 59.4 Å². The van der Waals surface area contributed by atoms with E-state index in [1.165, 1.54) is 5.56 Å². The van der Waals surface area contributed by atoms with Crippen LogP contribution in [0.3, 0.4) is 0 Å². The summed E-state index contributed by atoms with van der Waals surface area (Å²) in [4.78, 5) is 18.5. The van der Waals surface area contributed by atoms with Gasteiger partial charge < -0.3 is 10.6 Å². The molecule has 1 unspecified atom stereocenters. The molecule has 6 heteroatoms. The number of halogens is 1. The van der Waals surface area contributed by atoms with E-state index in [9.17, 15) is 4.79 Å². The highest BCUT2D eigenvalue weighted by Crippen LogP contribution is 2.24. The molecule has 1 saturated heterocycles. The number of pyridine rings is 1. The van der Waals surface area contributed by atoms with Crippen molar-refractivity contribution in [3.8, 4) is 0 Å². The number of piperazine rings is 1. The minimum Gasteiger partial charge on any atom is -0.325 e. The van der Waals surface area contributed by atoms with E-state index in [2.05, 4.69) is 26.6 Å². The van der Waals surface area contributed by atoms with Crippen molar-refractivity contribution in [2.45, 2.75) is 12.5 Å². The van der Waals surface area contributed by atoms with E-state index in [1.54, 1.807) is 18.5 Å². The van der Waals surface area contributed by atoms with Crippen molar-refractivity contribution in [2.24, 2.45) is 0 Å². The molecule has 1 aromatic carbocycles. The minimum atomic E-state index is 0.00590. The Morgan fingerprint density at radius 1 is 1.38 bits per heavy atom. The Hall–Kier alpha value is -1.95. The fourth-order valence-electron chi connectivity index (χ4n) is 2.96. The van der Waals surface area contributed by atoms with Gasteiger partial charge in [-0.3, -0.25) is 14.7 Å². The van der Waals surface area contributed by atoms with Crippen LogP contribution in [0.2, 0.25) is 5.02 Å². The van der Waals surface area contributed by atoms with E-state index in [1.807, 2.05) is 24.3 Å². The first-order valence-electron chi connectivity index (χ1n) is 8.12. The normalized spacial score (nSPS) is 18.3. The summed E-state index contributed by atoms with van der Waals surface area (Å²) in [6.07, 6.45) is 3.79. The summed E-state index contributed by atoms with van der Waals surface area (Å²) in [5.41, 5.74) is 1.91. The smallest absolute Gasteiger partial charge is 0.225 e. The molecule has 1 aromatic heterocycles. The van der Waals surface area contributed by atoms with E-state index in [0.29, 0.717) is 13.0 Å². The van der Waals surface area contributed by atoms with Crippen LogP contribution in [0.4, 0.5) is 5.69 Å². The number of hydrogen-bond acceptors (Lipinski definition) is 4. The molecule has 1 amide bonds. The second kappa shape index (κ2) is 8.24. The fraction of sp³-hybridized carbons (Fsp3) is 0.333. The highest BCUT2D eigenvalue weighted by atomic mass is 35.5. The Kier molecular flexibility index (Phi) is 5.80. The standard InChI is InChI=1S/C18H21ClN4O/c19-15-4-1-3-14(11-15)17-13-21-8-10-23(17)9-6-18(24)22-16-5-2-7-20-12-16/h1-5,7,11-12,17,21H,6,8-10,13H2,(H,22,24). The number of anilines is 1. The van der Waals surface area contributed by atoms with Crippen LogP contribution in [0, 0.1) is 0 Å². The maximum atomic E-state index is 12.2. The highest BCUT2D eigenvalue weighted by Gasteiger charge is 2.24. The molecule has 0 spiro atoms. The quantitative estimate of drug-likeness (QED) is 0.875. The first-order valence-corrected chi connectivity index (χ1v) is 8.50. The molecule has 126 valence electrons. The average Bonchev–Trinajstić information content (AvgIpc) is 2.61. The summed E-state index contributed by atoms with van der Waals surface area (Å²) in [7, 11) is 0. The highest BCUT2D eigenvalue weighted by molar-refractivity contribution is 6.30. The van der Waals surface area contributed by atoms with Gasteiger partial charge in [0.25, 0.3) is 0 Å². The molecule has 3 rings (SSSR count). The zero-order valence-electron chi connectivity index (χ0n) is 13.4. The molecule has 24 heavy (non-hydrogen) atoms. The first kappa shape index (κ1) is 16.9. The third-order valence-electron chi connectivity index (χ3n) is 4.16. The fourth-order valence-corrected chi connectivity index (χ4v) is 3.16. The largest absolute Gasteiger partial charge is 0.325 e. The van der Waals surface area contributed by atoms with Crippen molar-refractivity contribution in [1.29, 1.82) is 0 Å². The van der Waals surface area contributed by atoms with Crippen LogP contribution >= 0.6 is 11.6 Å². The lowest BCUT2D eigenvalue weighted by atomic mass is 10.0. The van der Waals surface area contributed by atoms with Gasteiger partial charge in [0.15, 0.2) is 0 Å². The number of aromatic nitrogens is 1. The summed E-state index contributed by atoms with van der Waals surface area (Å²) in [6, 6.07) is 11.8. The van der Waals surface area contributed by atoms with Crippen molar-refractivity contribution in [1.82, 2.24) is 15.2 Å². The monoisotopic (exact) mass is 344 g/mol. The van der Waals surface area contributed by atoms with Crippen LogP contribution in [-0.4, -0.2) is 42.0 Å². The lowest BCUT2D eigenvalue weighted by Crippen LogP contribution is -2.46. The molecule has 0 saturated carbocycles. The molecule has 1 aliphatic rings. The Morgan fingerprint density at radius 2 is 2.29 bits per heavy atom. The Morgan fingerprint density at radius 3 is 3.08 bits per heavy atom. The average molecular weight is 345 g/mol. The molecule has 2 N–H and O–H groups in total. The molecule has 1 atom stereocenters. The summed E-state index contributed by atoms with van der Waals surface area (Å²) in [5.74, 6) is 0.00590. The lowest BCUT2D eigenvalue weighted by Gasteiger charge is -2.36. The maximum absolute atomic E-state index is 12.2. The maximum Gasteiger partial charge on any atom is 0.225 e. The van der Waals surface area contributed by atoms with E-state index < -0.39 is 0 Å². The molecule has 1 fully saturated rings. The van der Waals surface area contributed by atoms with Gasteiger partial charge in [-0.05, 0) is 29.8 Å². The van der Waals surface area contributed by atoms with Crippen LogP contribution in [-0.2, 0) is 4.79 Å². The number of nitrogens with zero attached hydrogens (tertiary/aromatic N) is 2. The molecular formula is C18H21ClN4O. The number of carbonyl (C=O) groups excluding carboxylic acids is 1. The van der Waals surface area contributed by atoms with Gasteiger partial charge in [0.05, 0.1) is 11.9 Å². The number of nitrogens with one attached hydrogen (secondary N) is 2.